The van der Waals surface area contributed by atoms with Crippen molar-refractivity contribution in [1.82, 2.24) is 25.5 Å². The number of nitrogens with one attached hydrogen (secondary N) is 2. The Morgan fingerprint density at radius 1 is 1.14 bits per heavy atom. The van der Waals surface area contributed by atoms with Crippen LogP contribution in [0.15, 0.2) is 48.8 Å². The molecule has 2 aromatic carbocycles. The van der Waals surface area contributed by atoms with E-state index in [0.29, 0.717) is 16.3 Å². The van der Waals surface area contributed by atoms with Crippen molar-refractivity contribution >= 4 is 29.1 Å². The van der Waals surface area contributed by atoms with Gasteiger partial charge >= 0.3 is 0 Å². The lowest BCUT2D eigenvalue weighted by molar-refractivity contribution is -0.115. The van der Waals surface area contributed by atoms with Gasteiger partial charge in [0.05, 0.1) is 23.4 Å². The lowest BCUT2D eigenvalue weighted by Gasteiger charge is -2.14. The predicted molar refractivity (Wildman–Crippen MR) is 106 cm³/mol. The molecule has 3 aromatic rings. The zero-order valence-corrected chi connectivity index (χ0v) is 16.1. The number of tetrazole rings is 1. The molecule has 1 heterocycles. The lowest BCUT2D eigenvalue weighted by atomic mass is 10.1. The fraction of sp³-hybridized carbons (Fsp3) is 0.211. The van der Waals surface area contributed by atoms with Crippen molar-refractivity contribution in [3.05, 3.63) is 64.9 Å². The topological polar surface area (TPSA) is 102 Å². The van der Waals surface area contributed by atoms with Crippen LogP contribution in [0.4, 0.5) is 5.69 Å². The maximum Gasteiger partial charge on any atom is 0.253 e. The Labute approximate surface area is 166 Å². The normalized spacial score (nSPS) is 10.7. The van der Waals surface area contributed by atoms with Gasteiger partial charge in [-0.2, -0.15) is 0 Å². The first kappa shape index (κ1) is 19.5. The molecule has 0 aliphatic rings. The van der Waals surface area contributed by atoms with Gasteiger partial charge in [0.2, 0.25) is 5.91 Å². The summed E-state index contributed by atoms with van der Waals surface area (Å²) in [5.74, 6) is -0.524. The van der Waals surface area contributed by atoms with Crippen molar-refractivity contribution in [3.63, 3.8) is 0 Å². The molecule has 0 radical (unpaired) electrons. The minimum absolute atomic E-state index is 0.0227. The Morgan fingerprint density at radius 2 is 1.89 bits per heavy atom. The van der Waals surface area contributed by atoms with Gasteiger partial charge in [0, 0.05) is 11.1 Å². The number of hydrogen-bond donors (Lipinski definition) is 2. The molecule has 0 saturated carbocycles. The minimum atomic E-state index is -0.271. The van der Waals surface area contributed by atoms with Crippen LogP contribution in [-0.4, -0.2) is 38.1 Å². The van der Waals surface area contributed by atoms with Crippen molar-refractivity contribution < 1.29 is 9.59 Å². The van der Waals surface area contributed by atoms with Gasteiger partial charge in [-0.15, -0.1) is 5.10 Å². The molecule has 1 aromatic heterocycles. The Bertz CT molecular complexity index is 971. The molecule has 0 spiro atoms. The fourth-order valence-corrected chi connectivity index (χ4v) is 2.76. The van der Waals surface area contributed by atoms with Crippen LogP contribution >= 0.6 is 11.6 Å². The highest BCUT2D eigenvalue weighted by Crippen LogP contribution is 2.22. The Balaban J connectivity index is 1.71. The van der Waals surface area contributed by atoms with Gasteiger partial charge in [-0.05, 0) is 60.2 Å². The summed E-state index contributed by atoms with van der Waals surface area (Å²) in [6, 6.07) is 12.0. The molecule has 2 N–H and O–H groups in total. The maximum absolute atomic E-state index is 12.5. The molecule has 0 aliphatic heterocycles. The molecule has 0 atom stereocenters. The highest BCUT2D eigenvalue weighted by Gasteiger charge is 2.15. The largest absolute Gasteiger partial charge is 0.350 e. The first-order valence-electron chi connectivity index (χ1n) is 8.65. The number of rotatable bonds is 6. The van der Waals surface area contributed by atoms with Crippen LogP contribution in [0.5, 0.6) is 0 Å². The van der Waals surface area contributed by atoms with Gasteiger partial charge < -0.3 is 10.6 Å². The number of aromatic nitrogens is 4. The third-order valence-corrected chi connectivity index (χ3v) is 4.07. The molecule has 0 bridgehead atoms. The quantitative estimate of drug-likeness (QED) is 0.664. The third kappa shape index (κ3) is 4.92. The zero-order chi connectivity index (χ0) is 20.1. The molecule has 2 amide bonds. The van der Waals surface area contributed by atoms with E-state index in [-0.39, 0.29) is 24.3 Å². The number of amides is 2. The van der Waals surface area contributed by atoms with E-state index < -0.39 is 0 Å². The summed E-state index contributed by atoms with van der Waals surface area (Å²) >= 11 is 6.04. The summed E-state index contributed by atoms with van der Waals surface area (Å²) in [6.45, 7) is 3.73. The highest BCUT2D eigenvalue weighted by atomic mass is 35.5. The Morgan fingerprint density at radius 3 is 2.54 bits per heavy atom. The molecular weight excluding hydrogens is 380 g/mol. The number of anilines is 1. The summed E-state index contributed by atoms with van der Waals surface area (Å²) in [6.07, 6.45) is 1.64. The van der Waals surface area contributed by atoms with Crippen LogP contribution in [0.3, 0.4) is 0 Å². The molecule has 28 heavy (non-hydrogen) atoms. The first-order chi connectivity index (χ1) is 13.4. The molecule has 0 saturated heterocycles. The molecular formula is C19H19ClN6O2. The highest BCUT2D eigenvalue weighted by molar-refractivity contribution is 6.31. The van der Waals surface area contributed by atoms with E-state index in [0.717, 1.165) is 11.3 Å². The van der Waals surface area contributed by atoms with E-state index in [4.69, 9.17) is 11.6 Å². The molecule has 0 fully saturated rings. The van der Waals surface area contributed by atoms with Crippen molar-refractivity contribution in [3.8, 4) is 5.69 Å². The van der Waals surface area contributed by atoms with Gasteiger partial charge in [0.15, 0.2) is 0 Å². The van der Waals surface area contributed by atoms with Gasteiger partial charge in [-0.25, -0.2) is 4.68 Å². The second-order valence-corrected chi connectivity index (χ2v) is 6.90. The lowest BCUT2D eigenvalue weighted by Crippen LogP contribution is -2.31. The molecule has 0 aliphatic carbocycles. The summed E-state index contributed by atoms with van der Waals surface area (Å²) < 4.78 is 1.52. The van der Waals surface area contributed by atoms with Gasteiger partial charge in [0.25, 0.3) is 5.91 Å². The third-order valence-electron chi connectivity index (χ3n) is 3.83. The van der Waals surface area contributed by atoms with Crippen LogP contribution < -0.4 is 10.6 Å². The van der Waals surface area contributed by atoms with Crippen molar-refractivity contribution in [2.24, 2.45) is 0 Å². The van der Waals surface area contributed by atoms with E-state index in [1.165, 1.54) is 11.0 Å². The zero-order valence-electron chi connectivity index (χ0n) is 15.4. The number of carbonyl (C=O) groups excluding carboxylic acids is 2. The summed E-state index contributed by atoms with van der Waals surface area (Å²) in [5.41, 5.74) is 2.34. The monoisotopic (exact) mass is 398 g/mol. The van der Waals surface area contributed by atoms with Crippen LogP contribution in [-0.2, 0) is 11.2 Å². The van der Waals surface area contributed by atoms with Gasteiger partial charge in [-0.1, -0.05) is 23.7 Å². The van der Waals surface area contributed by atoms with Crippen molar-refractivity contribution in [2.75, 3.05) is 5.32 Å². The van der Waals surface area contributed by atoms with Crippen LogP contribution in [0.2, 0.25) is 5.02 Å². The number of hydrogen-bond acceptors (Lipinski definition) is 5. The van der Waals surface area contributed by atoms with E-state index in [1.807, 2.05) is 38.1 Å². The molecule has 0 unspecified atom stereocenters. The fourth-order valence-electron chi connectivity index (χ4n) is 2.58. The molecule has 8 nitrogen and oxygen atoms in total. The van der Waals surface area contributed by atoms with Crippen molar-refractivity contribution in [1.29, 1.82) is 0 Å². The Hall–Kier alpha value is -3.26. The van der Waals surface area contributed by atoms with E-state index >= 15 is 0 Å². The minimum Gasteiger partial charge on any atom is -0.350 e. The SMILES string of the molecule is CC(C)NC(=O)c1ccc(Cl)cc1NC(=O)Cc1ccc(-n2cnnn2)cc1. The summed E-state index contributed by atoms with van der Waals surface area (Å²) in [5, 5.41) is 17.0. The van der Waals surface area contributed by atoms with Gasteiger partial charge in [0.1, 0.15) is 6.33 Å². The number of halogens is 1. The van der Waals surface area contributed by atoms with Crippen LogP contribution in [0, 0.1) is 0 Å². The average molecular weight is 399 g/mol. The Kier molecular flexibility index (Phi) is 6.00. The average Bonchev–Trinajstić information content (AvgIpc) is 3.16. The predicted octanol–water partition coefficient (Wildman–Crippen LogP) is 2.64. The molecule has 3 rings (SSSR count). The summed E-state index contributed by atoms with van der Waals surface area (Å²) in [4.78, 5) is 24.8. The van der Waals surface area contributed by atoms with Crippen LogP contribution in [0.25, 0.3) is 5.69 Å². The summed E-state index contributed by atoms with van der Waals surface area (Å²) in [7, 11) is 0. The van der Waals surface area contributed by atoms with Crippen molar-refractivity contribution in [2.45, 2.75) is 26.3 Å². The second kappa shape index (κ2) is 8.62. The van der Waals surface area contributed by atoms with E-state index in [2.05, 4.69) is 26.2 Å². The van der Waals surface area contributed by atoms with E-state index in [1.54, 1.807) is 18.2 Å². The van der Waals surface area contributed by atoms with Crippen LogP contribution in [0.1, 0.15) is 29.8 Å². The second-order valence-electron chi connectivity index (χ2n) is 6.46. The smallest absolute Gasteiger partial charge is 0.253 e. The number of nitrogens with zero attached hydrogens (tertiary/aromatic N) is 4. The van der Waals surface area contributed by atoms with E-state index in [9.17, 15) is 9.59 Å². The molecule has 144 valence electrons. The number of benzene rings is 2. The first-order valence-corrected chi connectivity index (χ1v) is 9.03. The standard InChI is InChI=1S/C19H19ClN6O2/c1-12(2)22-19(28)16-8-5-14(20)10-17(16)23-18(27)9-13-3-6-15(7-4-13)26-11-21-24-25-26/h3-8,10-12H,9H2,1-2H3,(H,22,28)(H,23,27). The number of carbonyl (C=O) groups is 2. The molecule has 9 heteroatoms. The van der Waals surface area contributed by atoms with Gasteiger partial charge in [-0.3, -0.25) is 9.59 Å². The maximum atomic E-state index is 12.5.